The van der Waals surface area contributed by atoms with Crippen LogP contribution < -0.4 is 4.90 Å². The predicted molar refractivity (Wildman–Crippen MR) is 69.0 cm³/mol. The molecule has 0 aromatic heterocycles. The number of benzene rings is 1. The summed E-state index contributed by atoms with van der Waals surface area (Å²) >= 11 is 3.25. The lowest BCUT2D eigenvalue weighted by Crippen LogP contribution is -2.34. The number of nitrogens with zero attached hydrogens (tertiary/aromatic N) is 1. The molecular formula is C12H15BrFNO2. The van der Waals surface area contributed by atoms with Gasteiger partial charge in [0.25, 0.3) is 0 Å². The van der Waals surface area contributed by atoms with Crippen LogP contribution in [-0.2, 0) is 9.53 Å². The molecule has 1 aromatic rings. The SMILES string of the molecule is CCN(CC(Br)C(=O)OC)c1cccc(F)c1. The van der Waals surface area contributed by atoms with Gasteiger partial charge in [-0.15, -0.1) is 0 Å². The van der Waals surface area contributed by atoms with Gasteiger partial charge in [0.1, 0.15) is 10.6 Å². The highest BCUT2D eigenvalue weighted by Gasteiger charge is 2.18. The molecule has 1 aromatic carbocycles. The summed E-state index contributed by atoms with van der Waals surface area (Å²) in [5.74, 6) is -0.620. The monoisotopic (exact) mass is 303 g/mol. The highest BCUT2D eigenvalue weighted by atomic mass is 79.9. The molecule has 0 radical (unpaired) electrons. The van der Waals surface area contributed by atoms with Crippen molar-refractivity contribution in [2.45, 2.75) is 11.8 Å². The molecule has 94 valence electrons. The quantitative estimate of drug-likeness (QED) is 0.618. The van der Waals surface area contributed by atoms with Gasteiger partial charge < -0.3 is 9.64 Å². The van der Waals surface area contributed by atoms with E-state index in [1.54, 1.807) is 6.07 Å². The zero-order valence-electron chi connectivity index (χ0n) is 9.82. The molecular weight excluding hydrogens is 289 g/mol. The van der Waals surface area contributed by atoms with Gasteiger partial charge >= 0.3 is 5.97 Å². The van der Waals surface area contributed by atoms with Gasteiger partial charge in [-0.2, -0.15) is 0 Å². The first-order valence-electron chi connectivity index (χ1n) is 5.31. The average molecular weight is 304 g/mol. The molecule has 0 aliphatic rings. The average Bonchev–Trinajstić information content (AvgIpc) is 2.34. The van der Waals surface area contributed by atoms with E-state index in [0.717, 1.165) is 5.69 Å². The molecule has 1 atom stereocenters. The van der Waals surface area contributed by atoms with E-state index in [1.807, 2.05) is 17.9 Å². The van der Waals surface area contributed by atoms with Crippen LogP contribution in [-0.4, -0.2) is 31.0 Å². The number of rotatable bonds is 5. The number of methoxy groups -OCH3 is 1. The van der Waals surface area contributed by atoms with Crippen molar-refractivity contribution >= 4 is 27.6 Å². The minimum atomic E-state index is -0.421. The Bertz CT molecular complexity index is 387. The first-order valence-corrected chi connectivity index (χ1v) is 6.22. The standard InChI is InChI=1S/C12H15BrFNO2/c1-3-15(8-11(13)12(16)17-2)10-6-4-5-9(14)7-10/h4-7,11H,3,8H2,1-2H3. The molecule has 0 aliphatic heterocycles. The van der Waals surface area contributed by atoms with Crippen molar-refractivity contribution in [3.05, 3.63) is 30.1 Å². The van der Waals surface area contributed by atoms with Crippen molar-refractivity contribution in [2.24, 2.45) is 0 Å². The van der Waals surface area contributed by atoms with Gasteiger partial charge in [0, 0.05) is 18.8 Å². The molecule has 0 bridgehead atoms. The summed E-state index contributed by atoms with van der Waals surface area (Å²) in [5.41, 5.74) is 0.751. The van der Waals surface area contributed by atoms with E-state index >= 15 is 0 Å². The van der Waals surface area contributed by atoms with E-state index in [1.165, 1.54) is 19.2 Å². The van der Waals surface area contributed by atoms with Crippen LogP contribution in [0.4, 0.5) is 10.1 Å². The summed E-state index contributed by atoms with van der Waals surface area (Å²) in [6.07, 6.45) is 0. The molecule has 0 N–H and O–H groups in total. The van der Waals surface area contributed by atoms with Crippen molar-refractivity contribution in [3.63, 3.8) is 0 Å². The Morgan fingerprint density at radius 1 is 1.59 bits per heavy atom. The van der Waals surface area contributed by atoms with E-state index in [0.29, 0.717) is 13.1 Å². The van der Waals surface area contributed by atoms with Crippen molar-refractivity contribution in [1.82, 2.24) is 0 Å². The zero-order chi connectivity index (χ0) is 12.8. The van der Waals surface area contributed by atoms with Crippen LogP contribution in [0.25, 0.3) is 0 Å². The predicted octanol–water partition coefficient (Wildman–Crippen LogP) is 2.59. The van der Waals surface area contributed by atoms with E-state index < -0.39 is 4.83 Å². The van der Waals surface area contributed by atoms with E-state index in [9.17, 15) is 9.18 Å². The molecule has 3 nitrogen and oxygen atoms in total. The van der Waals surface area contributed by atoms with Crippen LogP contribution in [0.1, 0.15) is 6.92 Å². The third kappa shape index (κ3) is 4.00. The molecule has 0 heterocycles. The fourth-order valence-electron chi connectivity index (χ4n) is 1.49. The van der Waals surface area contributed by atoms with Gasteiger partial charge in [0.15, 0.2) is 0 Å². The number of anilines is 1. The maximum atomic E-state index is 13.1. The van der Waals surface area contributed by atoms with Crippen molar-refractivity contribution in [1.29, 1.82) is 0 Å². The Kier molecular flexibility index (Phi) is 5.41. The molecule has 1 rings (SSSR count). The van der Waals surface area contributed by atoms with Gasteiger partial charge in [0.05, 0.1) is 7.11 Å². The van der Waals surface area contributed by atoms with Crippen molar-refractivity contribution in [3.8, 4) is 0 Å². The molecule has 0 spiro atoms. The van der Waals surface area contributed by atoms with Crippen LogP contribution in [0.2, 0.25) is 0 Å². The highest BCUT2D eigenvalue weighted by molar-refractivity contribution is 9.10. The minimum Gasteiger partial charge on any atom is -0.468 e. The molecule has 0 saturated heterocycles. The smallest absolute Gasteiger partial charge is 0.321 e. The molecule has 0 aliphatic carbocycles. The normalized spacial score (nSPS) is 12.0. The fourth-order valence-corrected chi connectivity index (χ4v) is 2.02. The number of alkyl halides is 1. The number of ether oxygens (including phenoxy) is 1. The number of carbonyl (C=O) groups excluding carboxylic acids is 1. The summed E-state index contributed by atoms with van der Waals surface area (Å²) < 4.78 is 17.7. The third-order valence-corrected chi connectivity index (χ3v) is 3.06. The number of halogens is 2. The number of hydrogen-bond acceptors (Lipinski definition) is 3. The van der Waals surface area contributed by atoms with Crippen molar-refractivity contribution < 1.29 is 13.9 Å². The second-order valence-electron chi connectivity index (χ2n) is 3.51. The maximum absolute atomic E-state index is 13.1. The topological polar surface area (TPSA) is 29.5 Å². The molecule has 5 heteroatoms. The Morgan fingerprint density at radius 3 is 2.82 bits per heavy atom. The van der Waals surface area contributed by atoms with Crippen LogP contribution >= 0.6 is 15.9 Å². The van der Waals surface area contributed by atoms with Crippen LogP contribution in [0.15, 0.2) is 24.3 Å². The maximum Gasteiger partial charge on any atom is 0.321 e. The van der Waals surface area contributed by atoms with Crippen LogP contribution in [0, 0.1) is 5.82 Å². The Morgan fingerprint density at radius 2 is 2.29 bits per heavy atom. The lowest BCUT2D eigenvalue weighted by Gasteiger charge is -2.24. The van der Waals surface area contributed by atoms with E-state index in [4.69, 9.17) is 0 Å². The van der Waals surface area contributed by atoms with E-state index in [2.05, 4.69) is 20.7 Å². The lowest BCUT2D eigenvalue weighted by atomic mass is 10.2. The largest absolute Gasteiger partial charge is 0.468 e. The molecule has 0 saturated carbocycles. The fraction of sp³-hybridized carbons (Fsp3) is 0.417. The molecule has 0 fully saturated rings. The second kappa shape index (κ2) is 6.59. The summed E-state index contributed by atoms with van der Waals surface area (Å²) in [4.78, 5) is 12.8. The Balaban J connectivity index is 2.75. The summed E-state index contributed by atoms with van der Waals surface area (Å²) in [5, 5.41) is 0. The third-order valence-electron chi connectivity index (χ3n) is 2.39. The molecule has 0 amide bonds. The van der Waals surface area contributed by atoms with Gasteiger partial charge in [-0.25, -0.2) is 4.39 Å². The second-order valence-corrected chi connectivity index (χ2v) is 4.61. The zero-order valence-corrected chi connectivity index (χ0v) is 11.4. The molecule has 17 heavy (non-hydrogen) atoms. The number of esters is 1. The molecule has 1 unspecified atom stereocenters. The van der Waals surface area contributed by atoms with Crippen molar-refractivity contribution in [2.75, 3.05) is 25.1 Å². The summed E-state index contributed by atoms with van der Waals surface area (Å²) in [7, 11) is 1.34. The summed E-state index contributed by atoms with van der Waals surface area (Å²) in [6.45, 7) is 3.07. The van der Waals surface area contributed by atoms with Crippen LogP contribution in [0.3, 0.4) is 0 Å². The lowest BCUT2D eigenvalue weighted by molar-refractivity contribution is -0.139. The van der Waals surface area contributed by atoms with Gasteiger partial charge in [-0.05, 0) is 25.1 Å². The van der Waals surface area contributed by atoms with Gasteiger partial charge in [0.2, 0.25) is 0 Å². The Hall–Kier alpha value is -1.10. The summed E-state index contributed by atoms with van der Waals surface area (Å²) in [6, 6.07) is 6.29. The Labute approximate surface area is 109 Å². The number of hydrogen-bond donors (Lipinski definition) is 0. The van der Waals surface area contributed by atoms with Crippen LogP contribution in [0.5, 0.6) is 0 Å². The van der Waals surface area contributed by atoms with Gasteiger partial charge in [-0.3, -0.25) is 4.79 Å². The van der Waals surface area contributed by atoms with E-state index in [-0.39, 0.29) is 11.8 Å². The first kappa shape index (κ1) is 14.0. The highest BCUT2D eigenvalue weighted by Crippen LogP contribution is 2.17. The first-order chi connectivity index (χ1) is 8.08. The minimum absolute atomic E-state index is 0.287. The number of carbonyl (C=O) groups is 1. The van der Waals surface area contributed by atoms with Gasteiger partial charge in [-0.1, -0.05) is 22.0 Å².